The molecular weight excluding hydrogens is 688 g/mol. The van der Waals surface area contributed by atoms with Crippen LogP contribution in [0.3, 0.4) is 0 Å². The molecule has 1 N–H and O–H groups in total. The Morgan fingerprint density at radius 1 is 0.848 bits per heavy atom. The number of benzene rings is 1. The highest BCUT2D eigenvalue weighted by Gasteiger charge is 2.55. The molecule has 46 heavy (non-hydrogen) atoms. The predicted octanol–water partition coefficient (Wildman–Crippen LogP) is 7.42. The van der Waals surface area contributed by atoms with Crippen molar-refractivity contribution in [2.45, 2.75) is 118 Å². The Bertz CT molecular complexity index is 1280. The summed E-state index contributed by atoms with van der Waals surface area (Å²) in [5.74, 6) is -2.02. The number of aromatic nitrogens is 2. The van der Waals surface area contributed by atoms with Crippen molar-refractivity contribution in [2.75, 3.05) is 6.26 Å². The van der Waals surface area contributed by atoms with Crippen LogP contribution in [0.4, 0.5) is 13.2 Å². The zero-order valence-corrected chi connectivity index (χ0v) is 33.1. The summed E-state index contributed by atoms with van der Waals surface area (Å²) in [6.45, 7) is 20.3. The van der Waals surface area contributed by atoms with Crippen LogP contribution in [0.1, 0.15) is 6.92 Å². The Kier molecular flexibility index (Phi) is 13.2. The summed E-state index contributed by atoms with van der Waals surface area (Å²) in [6.07, 6.45) is -1.20. The van der Waals surface area contributed by atoms with Gasteiger partial charge in [0.1, 0.15) is 36.2 Å². The fraction of sp³-hybridized carbons (Fsp3) is 0.633. The highest BCUT2D eigenvalue weighted by molar-refractivity contribution is 8.00. The molecule has 4 unspecified atom stereocenters. The van der Waals surface area contributed by atoms with Crippen LogP contribution in [0.2, 0.25) is 58.9 Å². The van der Waals surface area contributed by atoms with Gasteiger partial charge < -0.3 is 23.3 Å². The third-order valence-corrected chi connectivity index (χ3v) is 11.7. The van der Waals surface area contributed by atoms with Crippen molar-refractivity contribution in [3.05, 3.63) is 43.0 Å². The number of ether oxygens (including phenoxy) is 1. The van der Waals surface area contributed by atoms with Gasteiger partial charge in [-0.25, -0.2) is 9.97 Å². The molecule has 2 aromatic rings. The first-order chi connectivity index (χ1) is 21.1. The van der Waals surface area contributed by atoms with E-state index in [9.17, 15) is 18.0 Å². The molecule has 0 spiro atoms. The molecule has 0 radical (unpaired) electrons. The van der Waals surface area contributed by atoms with Crippen LogP contribution in [0.5, 0.6) is 0 Å². The molecule has 1 saturated heterocycles. The van der Waals surface area contributed by atoms with E-state index >= 15 is 0 Å². The molecule has 1 fully saturated rings. The Morgan fingerprint density at radius 2 is 1.35 bits per heavy atom. The van der Waals surface area contributed by atoms with Crippen molar-refractivity contribution < 1.29 is 36.0 Å². The molecule has 0 aliphatic carbocycles. The van der Waals surface area contributed by atoms with Gasteiger partial charge in [-0.05, 0) is 82.9 Å². The quantitative estimate of drug-likeness (QED) is 0.167. The van der Waals surface area contributed by atoms with Crippen molar-refractivity contribution in [1.29, 1.82) is 0 Å². The topological polar surface area (TPSA) is 91.8 Å². The number of amides is 1. The van der Waals surface area contributed by atoms with Crippen molar-refractivity contribution in [2.24, 2.45) is 0 Å². The fourth-order valence-electron chi connectivity index (χ4n) is 5.09. The van der Waals surface area contributed by atoms with Crippen LogP contribution in [-0.2, 0) is 22.8 Å². The van der Waals surface area contributed by atoms with E-state index in [0.29, 0.717) is 0 Å². The zero-order chi connectivity index (χ0) is 34.7. The summed E-state index contributed by atoms with van der Waals surface area (Å²) in [6, 6.07) is 6.52. The van der Waals surface area contributed by atoms with Gasteiger partial charge in [0.05, 0.1) is 6.04 Å². The van der Waals surface area contributed by atoms with Crippen molar-refractivity contribution in [3.63, 3.8) is 0 Å². The molecule has 1 aromatic heterocycles. The number of alkyl halides is 3. The summed E-state index contributed by atoms with van der Waals surface area (Å²) < 4.78 is 68.4. The fourth-order valence-corrected chi connectivity index (χ4v) is 10.2. The number of nitrogens with one attached hydrogen (secondary N) is 1. The molecule has 0 bridgehead atoms. The molecule has 0 saturated carbocycles. The third-order valence-electron chi connectivity index (χ3n) is 6.72. The summed E-state index contributed by atoms with van der Waals surface area (Å²) in [7, 11) is -6.73. The molecule has 3 rings (SSSR count). The minimum Gasteiger partial charge on any atom is -0.409 e. The summed E-state index contributed by atoms with van der Waals surface area (Å²) in [4.78, 5) is 21.5. The van der Waals surface area contributed by atoms with Gasteiger partial charge >= 0.3 is 12.1 Å². The minimum atomic E-state index is -5.08. The molecule has 8 nitrogen and oxygen atoms in total. The van der Waals surface area contributed by atoms with Gasteiger partial charge in [-0.1, -0.05) is 19.1 Å². The van der Waals surface area contributed by atoms with Crippen LogP contribution in [-0.4, -0.2) is 94.4 Å². The average Bonchev–Trinajstić information content (AvgIpc) is 2.92. The summed E-state index contributed by atoms with van der Waals surface area (Å²) in [5, 5.41) is 1.76. The van der Waals surface area contributed by atoms with Gasteiger partial charge in [0.15, 0.2) is 25.0 Å². The van der Waals surface area contributed by atoms with E-state index in [1.807, 2.05) is 50.2 Å². The SMILES string of the molecule is CSC1O[C@H]([C@H](NC(=O)C(F)(F)F)[C@H](C)Sc2ccc(-c3cncnc3)cc2)C(O[Si](C)(C)C)C(O[Si](C)(C)C)C1O[Si](C)(C)C. The number of hydrogen-bond donors (Lipinski definition) is 1. The number of hydrogen-bond acceptors (Lipinski definition) is 9. The first-order valence-corrected chi connectivity index (χ1v) is 27.6. The lowest BCUT2D eigenvalue weighted by molar-refractivity contribution is -0.195. The highest BCUT2D eigenvalue weighted by Crippen LogP contribution is 2.40. The lowest BCUT2D eigenvalue weighted by Gasteiger charge is -2.52. The number of nitrogens with zero attached hydrogens (tertiary/aromatic N) is 2. The van der Waals surface area contributed by atoms with Gasteiger partial charge in [0.2, 0.25) is 0 Å². The smallest absolute Gasteiger partial charge is 0.409 e. The second kappa shape index (κ2) is 15.5. The minimum absolute atomic E-state index is 0.512. The zero-order valence-electron chi connectivity index (χ0n) is 28.5. The normalized spacial score (nSPS) is 24.3. The second-order valence-corrected chi connectivity index (χ2v) is 30.0. The standard InChI is InChI=1S/C30H48F3N3O5S2Si3/c1-19(43-22-14-12-20(13-15-22)21-16-34-18-35-17-21)23(36-29(37)30(31,32)33)24-25(39-44(3,4)5)26(40-45(6,7)8)27(28(38-24)42-2)41-46(9,10)11/h12-19,23-28H,1-11H3,(H,36,37)/t19-,23+,24+,25?,26?,27?,28?/m0/s1. The van der Waals surface area contributed by atoms with E-state index in [1.165, 1.54) is 29.9 Å². The number of carbonyl (C=O) groups excluding carboxylic acids is 1. The Hall–Kier alpha value is -1.25. The van der Waals surface area contributed by atoms with Gasteiger partial charge in [0.25, 0.3) is 0 Å². The first kappa shape index (κ1) is 39.2. The van der Waals surface area contributed by atoms with Gasteiger partial charge in [-0.15, -0.1) is 23.5 Å². The van der Waals surface area contributed by atoms with Crippen molar-refractivity contribution in [3.8, 4) is 11.1 Å². The molecule has 2 heterocycles. The largest absolute Gasteiger partial charge is 0.471 e. The van der Waals surface area contributed by atoms with Crippen LogP contribution >= 0.6 is 23.5 Å². The van der Waals surface area contributed by atoms with Crippen LogP contribution in [0.25, 0.3) is 11.1 Å². The summed E-state index contributed by atoms with van der Waals surface area (Å²) in [5.41, 5.74) is 1.19. The molecular formula is C30H48F3N3O5S2Si3. The average molecular weight is 736 g/mol. The van der Waals surface area contributed by atoms with E-state index in [4.69, 9.17) is 18.0 Å². The molecule has 1 aliphatic rings. The van der Waals surface area contributed by atoms with Crippen molar-refractivity contribution >= 4 is 54.4 Å². The molecule has 258 valence electrons. The number of carbonyl (C=O) groups is 1. The lowest BCUT2D eigenvalue weighted by Crippen LogP contribution is -2.69. The monoisotopic (exact) mass is 735 g/mol. The van der Waals surface area contributed by atoms with E-state index in [2.05, 4.69) is 54.6 Å². The molecule has 16 heteroatoms. The molecule has 1 amide bonds. The highest BCUT2D eigenvalue weighted by atomic mass is 32.2. The maximum Gasteiger partial charge on any atom is 0.471 e. The predicted molar refractivity (Wildman–Crippen MR) is 188 cm³/mol. The molecule has 7 atom stereocenters. The first-order valence-electron chi connectivity index (χ1n) is 15.2. The molecule has 1 aromatic carbocycles. The number of halogens is 3. The Balaban J connectivity index is 2.09. The second-order valence-electron chi connectivity index (χ2n) is 14.3. The van der Waals surface area contributed by atoms with Gasteiger partial charge in [-0.2, -0.15) is 13.2 Å². The number of thioether (sulfide) groups is 2. The van der Waals surface area contributed by atoms with Crippen LogP contribution in [0, 0.1) is 0 Å². The van der Waals surface area contributed by atoms with E-state index < -0.39 is 78.2 Å². The molecule has 1 aliphatic heterocycles. The van der Waals surface area contributed by atoms with Gasteiger partial charge in [-0.3, -0.25) is 4.79 Å². The van der Waals surface area contributed by atoms with Crippen molar-refractivity contribution in [1.82, 2.24) is 15.3 Å². The van der Waals surface area contributed by atoms with Crippen LogP contribution in [0.15, 0.2) is 47.9 Å². The van der Waals surface area contributed by atoms with E-state index in [0.717, 1.165) is 16.0 Å². The number of rotatable bonds is 13. The maximum atomic E-state index is 13.8. The van der Waals surface area contributed by atoms with Gasteiger partial charge in [0, 0.05) is 28.1 Å². The Morgan fingerprint density at radius 3 is 1.83 bits per heavy atom. The van der Waals surface area contributed by atoms with E-state index in [1.54, 1.807) is 19.3 Å². The summed E-state index contributed by atoms with van der Waals surface area (Å²) >= 11 is 2.77. The van der Waals surface area contributed by atoms with Crippen LogP contribution < -0.4 is 5.32 Å². The van der Waals surface area contributed by atoms with E-state index in [-0.39, 0.29) is 0 Å². The lowest BCUT2D eigenvalue weighted by atomic mass is 9.93. The third kappa shape index (κ3) is 11.7. The Labute approximate surface area is 283 Å². The maximum absolute atomic E-state index is 13.8.